The minimum absolute atomic E-state index is 0.0843. The predicted molar refractivity (Wildman–Crippen MR) is 74.9 cm³/mol. The lowest BCUT2D eigenvalue weighted by Crippen LogP contribution is -2.43. The van der Waals surface area contributed by atoms with Gasteiger partial charge in [-0.3, -0.25) is 9.69 Å². The first-order valence-corrected chi connectivity index (χ1v) is 6.92. The standard InChI is InChI=1S/C13H14BrFN2O3/c1-20-13(19)17-6-2-3-11(17)12(18)16-10-7-8(14)4-5-9(10)15/h4-5,7,11H,2-3,6H2,1H3,(H,16,18)/t11-/m0/s1. The SMILES string of the molecule is COC(=O)N1CCC[C@H]1C(=O)Nc1cc(Br)ccc1F. The molecule has 1 heterocycles. The van der Waals surface area contributed by atoms with Crippen LogP contribution in [0.15, 0.2) is 22.7 Å². The molecule has 0 unspecified atom stereocenters. The molecule has 1 N–H and O–H groups in total. The Hall–Kier alpha value is -1.63. The van der Waals surface area contributed by atoms with Gasteiger partial charge in [-0.1, -0.05) is 15.9 Å². The van der Waals surface area contributed by atoms with Crippen LogP contribution < -0.4 is 5.32 Å². The molecule has 108 valence electrons. The molecule has 0 spiro atoms. The normalized spacial score (nSPS) is 17.9. The van der Waals surface area contributed by atoms with Gasteiger partial charge in [0.15, 0.2) is 0 Å². The van der Waals surface area contributed by atoms with Gasteiger partial charge in [-0.05, 0) is 31.0 Å². The Bertz CT molecular complexity index is 538. The molecule has 1 aromatic carbocycles. The van der Waals surface area contributed by atoms with Crippen molar-refractivity contribution in [3.8, 4) is 0 Å². The number of likely N-dealkylation sites (tertiary alicyclic amines) is 1. The molecule has 0 aliphatic carbocycles. The number of ether oxygens (including phenoxy) is 1. The number of anilines is 1. The average molecular weight is 345 g/mol. The lowest BCUT2D eigenvalue weighted by molar-refractivity contribution is -0.120. The van der Waals surface area contributed by atoms with Crippen LogP contribution in [0.25, 0.3) is 0 Å². The van der Waals surface area contributed by atoms with Crippen LogP contribution in [0, 0.1) is 5.82 Å². The summed E-state index contributed by atoms with van der Waals surface area (Å²) in [4.78, 5) is 25.1. The lowest BCUT2D eigenvalue weighted by atomic mass is 10.2. The summed E-state index contributed by atoms with van der Waals surface area (Å²) < 4.78 is 18.9. The predicted octanol–water partition coefficient (Wildman–Crippen LogP) is 2.76. The molecule has 0 saturated carbocycles. The Morgan fingerprint density at radius 1 is 1.50 bits per heavy atom. The third kappa shape index (κ3) is 3.09. The molecule has 7 heteroatoms. The summed E-state index contributed by atoms with van der Waals surface area (Å²) in [5.74, 6) is -0.936. The summed E-state index contributed by atoms with van der Waals surface area (Å²) in [6.45, 7) is 0.464. The monoisotopic (exact) mass is 344 g/mol. The van der Waals surface area contributed by atoms with Gasteiger partial charge in [0.2, 0.25) is 5.91 Å². The largest absolute Gasteiger partial charge is 0.453 e. The molecule has 0 aromatic heterocycles. The van der Waals surface area contributed by atoms with Gasteiger partial charge in [0.25, 0.3) is 0 Å². The molecular weight excluding hydrogens is 331 g/mol. The number of carbonyl (C=O) groups is 2. The highest BCUT2D eigenvalue weighted by Gasteiger charge is 2.35. The summed E-state index contributed by atoms with van der Waals surface area (Å²) in [5.41, 5.74) is 0.0843. The number of nitrogens with one attached hydrogen (secondary N) is 1. The Balaban J connectivity index is 2.11. The topological polar surface area (TPSA) is 58.6 Å². The van der Waals surface area contributed by atoms with Crippen molar-refractivity contribution in [1.82, 2.24) is 4.90 Å². The van der Waals surface area contributed by atoms with Crippen molar-refractivity contribution in [3.63, 3.8) is 0 Å². The van der Waals surface area contributed by atoms with E-state index in [4.69, 9.17) is 0 Å². The van der Waals surface area contributed by atoms with Crippen LogP contribution in [0.2, 0.25) is 0 Å². The molecule has 2 rings (SSSR count). The maximum absolute atomic E-state index is 13.6. The smallest absolute Gasteiger partial charge is 0.410 e. The van der Waals surface area contributed by atoms with E-state index < -0.39 is 23.9 Å². The maximum atomic E-state index is 13.6. The van der Waals surface area contributed by atoms with Crippen LogP contribution >= 0.6 is 15.9 Å². The number of carbonyl (C=O) groups excluding carboxylic acids is 2. The fraction of sp³-hybridized carbons (Fsp3) is 0.385. The maximum Gasteiger partial charge on any atom is 0.410 e. The van der Waals surface area contributed by atoms with Crippen molar-refractivity contribution in [1.29, 1.82) is 0 Å². The zero-order valence-corrected chi connectivity index (χ0v) is 12.4. The minimum atomic E-state index is -0.624. The van der Waals surface area contributed by atoms with Crippen LogP contribution in [0.5, 0.6) is 0 Å². The zero-order valence-electron chi connectivity index (χ0n) is 10.9. The number of amides is 2. The summed E-state index contributed by atoms with van der Waals surface area (Å²) in [5, 5.41) is 2.51. The van der Waals surface area contributed by atoms with Crippen LogP contribution in [-0.2, 0) is 9.53 Å². The molecule has 20 heavy (non-hydrogen) atoms. The second kappa shape index (κ2) is 6.21. The molecule has 2 amide bonds. The van der Waals surface area contributed by atoms with Gasteiger partial charge in [0, 0.05) is 11.0 Å². The van der Waals surface area contributed by atoms with E-state index in [0.29, 0.717) is 23.9 Å². The molecule has 1 aliphatic heterocycles. The van der Waals surface area contributed by atoms with Crippen LogP contribution in [0.1, 0.15) is 12.8 Å². The molecule has 1 aromatic rings. The molecule has 1 saturated heterocycles. The van der Waals surface area contributed by atoms with E-state index in [-0.39, 0.29) is 5.69 Å². The lowest BCUT2D eigenvalue weighted by Gasteiger charge is -2.22. The van der Waals surface area contributed by atoms with Gasteiger partial charge in [-0.2, -0.15) is 0 Å². The molecule has 1 aliphatic rings. The number of hydrogen-bond acceptors (Lipinski definition) is 3. The van der Waals surface area contributed by atoms with Crippen LogP contribution in [0.3, 0.4) is 0 Å². The van der Waals surface area contributed by atoms with E-state index in [2.05, 4.69) is 26.0 Å². The van der Waals surface area contributed by atoms with E-state index in [0.717, 1.165) is 0 Å². The fourth-order valence-electron chi connectivity index (χ4n) is 2.18. The Morgan fingerprint density at radius 2 is 2.25 bits per heavy atom. The number of hydrogen-bond donors (Lipinski definition) is 1. The van der Waals surface area contributed by atoms with Crippen molar-refractivity contribution < 1.29 is 18.7 Å². The molecule has 5 nitrogen and oxygen atoms in total. The summed E-state index contributed by atoms with van der Waals surface area (Å²) in [7, 11) is 1.27. The van der Waals surface area contributed by atoms with Gasteiger partial charge in [0.05, 0.1) is 12.8 Å². The van der Waals surface area contributed by atoms with E-state index in [1.54, 1.807) is 6.07 Å². The van der Waals surface area contributed by atoms with Crippen molar-refractivity contribution in [2.75, 3.05) is 19.0 Å². The fourth-order valence-corrected chi connectivity index (χ4v) is 2.55. The summed E-state index contributed by atoms with van der Waals surface area (Å²) in [6, 6.07) is 3.65. The number of rotatable bonds is 2. The van der Waals surface area contributed by atoms with E-state index in [1.807, 2.05) is 0 Å². The molecule has 1 atom stereocenters. The molecule has 0 radical (unpaired) electrons. The highest BCUT2D eigenvalue weighted by atomic mass is 79.9. The van der Waals surface area contributed by atoms with Crippen molar-refractivity contribution in [3.05, 3.63) is 28.5 Å². The van der Waals surface area contributed by atoms with Crippen molar-refractivity contribution in [2.45, 2.75) is 18.9 Å². The minimum Gasteiger partial charge on any atom is -0.453 e. The van der Waals surface area contributed by atoms with Gasteiger partial charge in [-0.15, -0.1) is 0 Å². The molecule has 0 bridgehead atoms. The summed E-state index contributed by atoms with van der Waals surface area (Å²) in [6.07, 6.45) is 0.711. The number of benzene rings is 1. The second-order valence-electron chi connectivity index (χ2n) is 4.43. The van der Waals surface area contributed by atoms with Crippen LogP contribution in [0.4, 0.5) is 14.9 Å². The Morgan fingerprint density at radius 3 is 2.95 bits per heavy atom. The Kier molecular flexibility index (Phi) is 4.59. The highest BCUT2D eigenvalue weighted by molar-refractivity contribution is 9.10. The highest BCUT2D eigenvalue weighted by Crippen LogP contribution is 2.23. The van der Waals surface area contributed by atoms with Gasteiger partial charge in [0.1, 0.15) is 11.9 Å². The first-order valence-electron chi connectivity index (χ1n) is 6.13. The molecule has 1 fully saturated rings. The van der Waals surface area contributed by atoms with E-state index in [9.17, 15) is 14.0 Å². The zero-order chi connectivity index (χ0) is 14.7. The van der Waals surface area contributed by atoms with Crippen LogP contribution in [-0.4, -0.2) is 36.6 Å². The van der Waals surface area contributed by atoms with Crippen molar-refractivity contribution in [2.24, 2.45) is 0 Å². The van der Waals surface area contributed by atoms with Gasteiger partial charge in [-0.25, -0.2) is 9.18 Å². The first kappa shape index (κ1) is 14.8. The van der Waals surface area contributed by atoms with E-state index in [1.165, 1.54) is 24.1 Å². The van der Waals surface area contributed by atoms with Crippen molar-refractivity contribution >= 4 is 33.6 Å². The molecular formula is C13H14BrFN2O3. The quantitative estimate of drug-likeness (QED) is 0.897. The number of halogens is 2. The number of methoxy groups -OCH3 is 1. The third-order valence-electron chi connectivity index (χ3n) is 3.15. The third-order valence-corrected chi connectivity index (χ3v) is 3.64. The van der Waals surface area contributed by atoms with Gasteiger partial charge < -0.3 is 10.1 Å². The number of nitrogens with zero attached hydrogens (tertiary/aromatic N) is 1. The second-order valence-corrected chi connectivity index (χ2v) is 5.35. The summed E-state index contributed by atoms with van der Waals surface area (Å²) >= 11 is 3.21. The average Bonchev–Trinajstić information content (AvgIpc) is 2.91. The first-order chi connectivity index (χ1) is 9.52. The van der Waals surface area contributed by atoms with E-state index >= 15 is 0 Å². The van der Waals surface area contributed by atoms with Gasteiger partial charge >= 0.3 is 6.09 Å². The Labute approximate surface area is 124 Å².